The highest BCUT2D eigenvalue weighted by Gasteiger charge is 2.07. The first-order valence-corrected chi connectivity index (χ1v) is 6.63. The van der Waals surface area contributed by atoms with Crippen molar-refractivity contribution in [2.24, 2.45) is 0 Å². The van der Waals surface area contributed by atoms with Crippen LogP contribution in [-0.4, -0.2) is 12.2 Å². The summed E-state index contributed by atoms with van der Waals surface area (Å²) in [6.45, 7) is 0.495. The maximum atomic E-state index is 13.4. The molecule has 0 radical (unpaired) electrons. The van der Waals surface area contributed by atoms with Gasteiger partial charge in [-0.25, -0.2) is 4.39 Å². The maximum Gasteiger partial charge on any atom is 0.125 e. The van der Waals surface area contributed by atoms with Gasteiger partial charge in [-0.05, 0) is 35.9 Å². The summed E-state index contributed by atoms with van der Waals surface area (Å²) in [5.74, 6) is -0.340. The molecule has 0 saturated carbocycles. The predicted molar refractivity (Wildman–Crippen MR) is 73.8 cm³/mol. The molecule has 96 valence electrons. The number of benzene rings is 1. The number of halogens is 2. The highest BCUT2D eigenvalue weighted by molar-refractivity contribution is 7.16. The summed E-state index contributed by atoms with van der Waals surface area (Å²) in [4.78, 5) is 3.03. The average molecular weight is 286 g/mol. The zero-order chi connectivity index (χ0) is 13.1. The van der Waals surface area contributed by atoms with Crippen molar-refractivity contribution < 1.29 is 9.50 Å². The second-order valence-electron chi connectivity index (χ2n) is 4.04. The molecule has 0 aliphatic rings. The molecule has 0 unspecified atom stereocenters. The third-order valence-electron chi connectivity index (χ3n) is 2.59. The standard InChI is InChI=1S/C13H13ClFNOS/c1-16(7-12-2-3-13(14)18-12)11-5-9(8-17)4-10(15)6-11/h2-6,17H,7-8H2,1H3. The van der Waals surface area contributed by atoms with Crippen LogP contribution in [0.25, 0.3) is 0 Å². The Hall–Kier alpha value is -1.10. The predicted octanol–water partition coefficient (Wildman–Crippen LogP) is 3.67. The summed E-state index contributed by atoms with van der Waals surface area (Å²) >= 11 is 7.38. The number of hydrogen-bond donors (Lipinski definition) is 1. The van der Waals surface area contributed by atoms with Crippen molar-refractivity contribution in [3.05, 3.63) is 50.9 Å². The van der Waals surface area contributed by atoms with Crippen LogP contribution in [0.5, 0.6) is 0 Å². The Balaban J connectivity index is 2.17. The average Bonchev–Trinajstić information content (AvgIpc) is 2.73. The van der Waals surface area contributed by atoms with Gasteiger partial charge in [0.15, 0.2) is 0 Å². The Bertz CT molecular complexity index is 544. The van der Waals surface area contributed by atoms with Gasteiger partial charge in [0.1, 0.15) is 5.82 Å². The van der Waals surface area contributed by atoms with Crippen molar-refractivity contribution in [3.63, 3.8) is 0 Å². The van der Waals surface area contributed by atoms with E-state index in [0.717, 1.165) is 14.9 Å². The Morgan fingerprint density at radius 1 is 1.33 bits per heavy atom. The molecule has 1 N–H and O–H groups in total. The molecule has 18 heavy (non-hydrogen) atoms. The second-order valence-corrected chi connectivity index (χ2v) is 5.84. The van der Waals surface area contributed by atoms with Crippen molar-refractivity contribution >= 4 is 28.6 Å². The first-order chi connectivity index (χ1) is 8.58. The largest absolute Gasteiger partial charge is 0.392 e. The van der Waals surface area contributed by atoms with Gasteiger partial charge in [0.25, 0.3) is 0 Å². The van der Waals surface area contributed by atoms with E-state index in [2.05, 4.69) is 0 Å². The fourth-order valence-electron chi connectivity index (χ4n) is 1.71. The Morgan fingerprint density at radius 3 is 2.72 bits per heavy atom. The third-order valence-corrected chi connectivity index (χ3v) is 3.80. The molecule has 2 nitrogen and oxygen atoms in total. The minimum atomic E-state index is -0.340. The molecular formula is C13H13ClFNOS. The molecule has 0 aliphatic carbocycles. The van der Waals surface area contributed by atoms with Crippen LogP contribution in [0, 0.1) is 5.82 Å². The molecule has 1 aromatic carbocycles. The van der Waals surface area contributed by atoms with Gasteiger partial charge in [-0.15, -0.1) is 11.3 Å². The SMILES string of the molecule is CN(Cc1ccc(Cl)s1)c1cc(F)cc(CO)c1. The van der Waals surface area contributed by atoms with Crippen molar-refractivity contribution in [1.82, 2.24) is 0 Å². The minimum Gasteiger partial charge on any atom is -0.392 e. The first kappa shape index (κ1) is 13.3. The summed E-state index contributed by atoms with van der Waals surface area (Å²) in [6, 6.07) is 8.36. The van der Waals surface area contributed by atoms with Crippen molar-refractivity contribution in [2.75, 3.05) is 11.9 Å². The molecule has 0 spiro atoms. The van der Waals surface area contributed by atoms with Crippen LogP contribution >= 0.6 is 22.9 Å². The van der Waals surface area contributed by atoms with Gasteiger partial charge < -0.3 is 10.0 Å². The zero-order valence-electron chi connectivity index (χ0n) is 9.86. The Labute approximate surface area is 114 Å². The molecule has 2 aromatic rings. The summed E-state index contributed by atoms with van der Waals surface area (Å²) in [6.07, 6.45) is 0. The zero-order valence-corrected chi connectivity index (χ0v) is 11.4. The molecule has 0 saturated heterocycles. The quantitative estimate of drug-likeness (QED) is 0.926. The van der Waals surface area contributed by atoms with Gasteiger partial charge in [0.05, 0.1) is 17.5 Å². The number of anilines is 1. The van der Waals surface area contributed by atoms with Crippen LogP contribution in [0.2, 0.25) is 4.34 Å². The van der Waals surface area contributed by atoms with Gasteiger partial charge in [0.2, 0.25) is 0 Å². The molecule has 5 heteroatoms. The van der Waals surface area contributed by atoms with E-state index in [4.69, 9.17) is 16.7 Å². The van der Waals surface area contributed by atoms with E-state index in [9.17, 15) is 4.39 Å². The summed E-state index contributed by atoms with van der Waals surface area (Å²) in [7, 11) is 1.88. The molecule has 0 fully saturated rings. The summed E-state index contributed by atoms with van der Waals surface area (Å²) in [5.41, 5.74) is 1.31. The molecule has 0 aliphatic heterocycles. The number of aliphatic hydroxyl groups is 1. The summed E-state index contributed by atoms with van der Waals surface area (Å²) in [5, 5.41) is 9.06. The van der Waals surface area contributed by atoms with Gasteiger partial charge in [-0.1, -0.05) is 11.6 Å². The van der Waals surface area contributed by atoms with E-state index in [-0.39, 0.29) is 12.4 Å². The lowest BCUT2D eigenvalue weighted by Crippen LogP contribution is -2.16. The van der Waals surface area contributed by atoms with E-state index >= 15 is 0 Å². The molecule has 1 heterocycles. The van der Waals surface area contributed by atoms with Crippen LogP contribution in [0.4, 0.5) is 10.1 Å². The van der Waals surface area contributed by atoms with Crippen LogP contribution in [-0.2, 0) is 13.2 Å². The Kier molecular flexibility index (Phi) is 4.22. The van der Waals surface area contributed by atoms with Crippen LogP contribution in [0.1, 0.15) is 10.4 Å². The lowest BCUT2D eigenvalue weighted by Gasteiger charge is -2.19. The van der Waals surface area contributed by atoms with Crippen molar-refractivity contribution in [1.29, 1.82) is 0 Å². The topological polar surface area (TPSA) is 23.5 Å². The fourth-order valence-corrected chi connectivity index (χ4v) is 2.85. The van der Waals surface area contributed by atoms with Gasteiger partial charge >= 0.3 is 0 Å². The molecule has 0 amide bonds. The van der Waals surface area contributed by atoms with Gasteiger partial charge in [-0.2, -0.15) is 0 Å². The van der Waals surface area contributed by atoms with E-state index < -0.39 is 0 Å². The molecule has 1 aromatic heterocycles. The Morgan fingerprint density at radius 2 is 2.11 bits per heavy atom. The lowest BCUT2D eigenvalue weighted by molar-refractivity contribution is 0.281. The van der Waals surface area contributed by atoms with E-state index in [1.54, 1.807) is 6.07 Å². The summed E-state index contributed by atoms with van der Waals surface area (Å²) < 4.78 is 14.1. The van der Waals surface area contributed by atoms with E-state index in [1.165, 1.54) is 23.5 Å². The first-order valence-electron chi connectivity index (χ1n) is 5.44. The molecule has 2 rings (SSSR count). The van der Waals surface area contributed by atoms with Crippen LogP contribution in [0.3, 0.4) is 0 Å². The van der Waals surface area contributed by atoms with Gasteiger partial charge in [-0.3, -0.25) is 0 Å². The number of hydrogen-bond acceptors (Lipinski definition) is 3. The second kappa shape index (κ2) is 5.69. The minimum absolute atomic E-state index is 0.163. The number of rotatable bonds is 4. The number of aliphatic hydroxyl groups excluding tert-OH is 1. The van der Waals surface area contributed by atoms with E-state index in [0.29, 0.717) is 12.1 Å². The van der Waals surface area contributed by atoms with Crippen LogP contribution in [0.15, 0.2) is 30.3 Å². The van der Waals surface area contributed by atoms with E-state index in [1.807, 2.05) is 24.1 Å². The van der Waals surface area contributed by atoms with Crippen molar-refractivity contribution in [3.8, 4) is 0 Å². The fraction of sp³-hybridized carbons (Fsp3) is 0.231. The van der Waals surface area contributed by atoms with Gasteiger partial charge in [0, 0.05) is 17.6 Å². The number of nitrogens with zero attached hydrogens (tertiary/aromatic N) is 1. The third kappa shape index (κ3) is 3.22. The molecular weight excluding hydrogens is 273 g/mol. The smallest absolute Gasteiger partial charge is 0.125 e. The monoisotopic (exact) mass is 285 g/mol. The highest BCUT2D eigenvalue weighted by atomic mass is 35.5. The van der Waals surface area contributed by atoms with Crippen LogP contribution < -0.4 is 4.90 Å². The highest BCUT2D eigenvalue weighted by Crippen LogP contribution is 2.25. The maximum absolute atomic E-state index is 13.4. The molecule has 0 atom stereocenters. The molecule has 0 bridgehead atoms. The lowest BCUT2D eigenvalue weighted by atomic mass is 10.2. The number of thiophene rings is 1. The normalized spacial score (nSPS) is 10.7. The van der Waals surface area contributed by atoms with Crippen molar-refractivity contribution in [2.45, 2.75) is 13.2 Å².